The molecule has 0 aliphatic rings. The predicted octanol–water partition coefficient (Wildman–Crippen LogP) is 1.59. The molecule has 2 amide bonds. The summed E-state index contributed by atoms with van der Waals surface area (Å²) >= 11 is 0. The van der Waals surface area contributed by atoms with Crippen LogP contribution in [-0.4, -0.2) is 18.4 Å². The van der Waals surface area contributed by atoms with Gasteiger partial charge < -0.3 is 11.1 Å². The van der Waals surface area contributed by atoms with Gasteiger partial charge in [-0.05, 0) is 5.56 Å². The first kappa shape index (κ1) is 15.2. The number of amides is 2. The number of primary amides is 1. The molecule has 1 aromatic rings. The summed E-state index contributed by atoms with van der Waals surface area (Å²) in [5, 5.41) is 2.86. The Morgan fingerprint density at radius 1 is 1.26 bits per heavy atom. The summed E-state index contributed by atoms with van der Waals surface area (Å²) < 4.78 is 0. The Hall–Kier alpha value is -1.84. The molecule has 0 radical (unpaired) electrons. The normalized spacial score (nSPS) is 12.8. The Balaban J connectivity index is 2.52. The van der Waals surface area contributed by atoms with E-state index < -0.39 is 11.8 Å². The minimum Gasteiger partial charge on any atom is -0.369 e. The van der Waals surface area contributed by atoms with Gasteiger partial charge >= 0.3 is 0 Å². The highest BCUT2D eigenvalue weighted by Gasteiger charge is 2.22. The van der Waals surface area contributed by atoms with Crippen LogP contribution in [0.5, 0.6) is 0 Å². The van der Waals surface area contributed by atoms with Gasteiger partial charge in [-0.1, -0.05) is 51.1 Å². The van der Waals surface area contributed by atoms with Crippen molar-refractivity contribution >= 4 is 11.8 Å². The third kappa shape index (κ3) is 4.73. The second-order valence-corrected chi connectivity index (χ2v) is 5.53. The fraction of sp³-hybridized carbons (Fsp3) is 0.467. The molecule has 1 rings (SSSR count). The maximum atomic E-state index is 11.7. The lowest BCUT2D eigenvalue weighted by atomic mass is 9.84. The van der Waals surface area contributed by atoms with E-state index in [0.717, 1.165) is 0 Å². The van der Waals surface area contributed by atoms with E-state index in [0.29, 0.717) is 6.54 Å². The van der Waals surface area contributed by atoms with E-state index in [2.05, 4.69) is 19.2 Å². The molecule has 0 aliphatic heterocycles. The number of rotatable bonds is 6. The number of hydrogen-bond acceptors (Lipinski definition) is 2. The van der Waals surface area contributed by atoms with Gasteiger partial charge in [0.1, 0.15) is 0 Å². The Morgan fingerprint density at radius 2 is 1.84 bits per heavy atom. The second kappa shape index (κ2) is 6.36. The van der Waals surface area contributed by atoms with Crippen molar-refractivity contribution in [2.45, 2.75) is 32.6 Å². The molecule has 1 aromatic carbocycles. The number of nitrogens with two attached hydrogens (primary N) is 1. The fourth-order valence-corrected chi connectivity index (χ4v) is 1.76. The average molecular weight is 262 g/mol. The molecule has 19 heavy (non-hydrogen) atoms. The lowest BCUT2D eigenvalue weighted by molar-refractivity contribution is -0.128. The van der Waals surface area contributed by atoms with E-state index in [1.807, 2.05) is 30.3 Å². The van der Waals surface area contributed by atoms with Crippen molar-refractivity contribution in [3.63, 3.8) is 0 Å². The summed E-state index contributed by atoms with van der Waals surface area (Å²) in [7, 11) is 0. The Bertz CT molecular complexity index is 441. The molecule has 0 heterocycles. The van der Waals surface area contributed by atoms with Gasteiger partial charge in [-0.2, -0.15) is 0 Å². The summed E-state index contributed by atoms with van der Waals surface area (Å²) in [6.45, 7) is 6.33. The number of hydrogen-bond donors (Lipinski definition) is 2. The maximum Gasteiger partial charge on any atom is 0.220 e. The third-order valence-electron chi connectivity index (χ3n) is 3.26. The number of benzene rings is 1. The van der Waals surface area contributed by atoms with Crippen molar-refractivity contribution < 1.29 is 9.59 Å². The van der Waals surface area contributed by atoms with Crippen molar-refractivity contribution in [2.24, 2.45) is 11.7 Å². The maximum absolute atomic E-state index is 11.7. The molecule has 4 heteroatoms. The van der Waals surface area contributed by atoms with Gasteiger partial charge in [0.05, 0.1) is 0 Å². The van der Waals surface area contributed by atoms with Crippen LogP contribution in [0.25, 0.3) is 0 Å². The molecule has 0 saturated heterocycles. The first-order valence-corrected chi connectivity index (χ1v) is 6.44. The van der Waals surface area contributed by atoms with Gasteiger partial charge in [0, 0.05) is 24.3 Å². The van der Waals surface area contributed by atoms with E-state index in [1.54, 1.807) is 6.92 Å². The lowest BCUT2D eigenvalue weighted by Crippen LogP contribution is -2.38. The number of nitrogens with one attached hydrogen (secondary N) is 1. The highest BCUT2D eigenvalue weighted by molar-refractivity contribution is 5.84. The smallest absolute Gasteiger partial charge is 0.220 e. The zero-order valence-electron chi connectivity index (χ0n) is 11.8. The van der Waals surface area contributed by atoms with Crippen molar-refractivity contribution in [1.29, 1.82) is 0 Å². The van der Waals surface area contributed by atoms with Crippen LogP contribution in [0.2, 0.25) is 0 Å². The first-order valence-electron chi connectivity index (χ1n) is 6.44. The summed E-state index contributed by atoms with van der Waals surface area (Å²) in [5.74, 6) is -1.02. The van der Waals surface area contributed by atoms with E-state index in [9.17, 15) is 9.59 Å². The van der Waals surface area contributed by atoms with Crippen LogP contribution >= 0.6 is 0 Å². The molecule has 4 nitrogen and oxygen atoms in total. The molecule has 0 bridgehead atoms. The van der Waals surface area contributed by atoms with Crippen molar-refractivity contribution in [3.05, 3.63) is 35.9 Å². The quantitative estimate of drug-likeness (QED) is 0.817. The van der Waals surface area contributed by atoms with Gasteiger partial charge in [-0.25, -0.2) is 0 Å². The molecule has 3 N–H and O–H groups in total. The number of carbonyl (C=O) groups is 2. The monoisotopic (exact) mass is 262 g/mol. The van der Waals surface area contributed by atoms with E-state index in [-0.39, 0.29) is 17.7 Å². The molecule has 0 saturated carbocycles. The molecule has 0 aliphatic carbocycles. The average Bonchev–Trinajstić information content (AvgIpc) is 2.37. The van der Waals surface area contributed by atoms with Crippen molar-refractivity contribution in [1.82, 2.24) is 5.32 Å². The molecular weight excluding hydrogens is 240 g/mol. The highest BCUT2D eigenvalue weighted by atomic mass is 16.2. The summed E-state index contributed by atoms with van der Waals surface area (Å²) in [4.78, 5) is 22.6. The van der Waals surface area contributed by atoms with Gasteiger partial charge in [0.15, 0.2) is 0 Å². The van der Waals surface area contributed by atoms with E-state index in [1.165, 1.54) is 5.56 Å². The summed E-state index contributed by atoms with van der Waals surface area (Å²) in [5.41, 5.74) is 6.16. The van der Waals surface area contributed by atoms with E-state index >= 15 is 0 Å². The standard InChI is InChI=1S/C15H22N2O2/c1-11(14(16)19)9-13(18)17-10-15(2,3)12-7-5-4-6-8-12/h4-8,11H,9-10H2,1-3H3,(H2,16,19)(H,17,18). The van der Waals surface area contributed by atoms with Gasteiger partial charge in [0.25, 0.3) is 0 Å². The summed E-state index contributed by atoms with van der Waals surface area (Å²) in [6, 6.07) is 10.0. The molecular formula is C15H22N2O2. The molecule has 1 unspecified atom stereocenters. The topological polar surface area (TPSA) is 72.2 Å². The van der Waals surface area contributed by atoms with Crippen LogP contribution in [0, 0.1) is 5.92 Å². The minimum absolute atomic E-state index is 0.139. The van der Waals surface area contributed by atoms with Crippen LogP contribution in [-0.2, 0) is 15.0 Å². The second-order valence-electron chi connectivity index (χ2n) is 5.53. The van der Waals surface area contributed by atoms with Crippen LogP contribution in [0.15, 0.2) is 30.3 Å². The van der Waals surface area contributed by atoms with Crippen molar-refractivity contribution in [3.8, 4) is 0 Å². The Labute approximate surface area is 114 Å². The van der Waals surface area contributed by atoms with Crippen LogP contribution in [0.3, 0.4) is 0 Å². The zero-order chi connectivity index (χ0) is 14.5. The Kier molecular flexibility index (Phi) is 5.10. The zero-order valence-corrected chi connectivity index (χ0v) is 11.8. The third-order valence-corrected chi connectivity index (χ3v) is 3.26. The molecule has 1 atom stereocenters. The summed E-state index contributed by atoms with van der Waals surface area (Å²) in [6.07, 6.45) is 0.139. The molecule has 104 valence electrons. The Morgan fingerprint density at radius 3 is 2.37 bits per heavy atom. The van der Waals surface area contributed by atoms with Crippen LogP contribution < -0.4 is 11.1 Å². The van der Waals surface area contributed by atoms with E-state index in [4.69, 9.17) is 5.73 Å². The predicted molar refractivity (Wildman–Crippen MR) is 75.5 cm³/mol. The molecule has 0 fully saturated rings. The minimum atomic E-state index is -0.447. The van der Waals surface area contributed by atoms with Crippen LogP contribution in [0.1, 0.15) is 32.8 Å². The van der Waals surface area contributed by atoms with Crippen LogP contribution in [0.4, 0.5) is 0 Å². The first-order chi connectivity index (χ1) is 8.83. The van der Waals surface area contributed by atoms with Gasteiger partial charge in [0.2, 0.25) is 11.8 Å². The highest BCUT2D eigenvalue weighted by Crippen LogP contribution is 2.21. The molecule has 0 aromatic heterocycles. The number of carbonyl (C=O) groups excluding carboxylic acids is 2. The SMILES string of the molecule is CC(CC(=O)NCC(C)(C)c1ccccc1)C(N)=O. The fourth-order valence-electron chi connectivity index (χ4n) is 1.76. The van der Waals surface area contributed by atoms with Crippen molar-refractivity contribution in [2.75, 3.05) is 6.54 Å². The lowest BCUT2D eigenvalue weighted by Gasteiger charge is -2.25. The van der Waals surface area contributed by atoms with Gasteiger partial charge in [-0.3, -0.25) is 9.59 Å². The van der Waals surface area contributed by atoms with Gasteiger partial charge in [-0.15, -0.1) is 0 Å². The largest absolute Gasteiger partial charge is 0.369 e. The molecule has 0 spiro atoms.